The van der Waals surface area contributed by atoms with Crippen LogP contribution in [0.1, 0.15) is 29.9 Å². The summed E-state index contributed by atoms with van der Waals surface area (Å²) in [7, 11) is 0. The Kier molecular flexibility index (Phi) is 4.54. The van der Waals surface area contributed by atoms with Crippen molar-refractivity contribution in [3.05, 3.63) is 47.4 Å². The van der Waals surface area contributed by atoms with Gasteiger partial charge >= 0.3 is 0 Å². The molecule has 3 N–H and O–H groups in total. The first kappa shape index (κ1) is 14.3. The van der Waals surface area contributed by atoms with Crippen LogP contribution in [-0.2, 0) is 0 Å². The number of pyridine rings is 1. The Morgan fingerprint density at radius 3 is 2.65 bits per heavy atom. The number of nitrogens with one attached hydrogen (secondary N) is 1. The van der Waals surface area contributed by atoms with Crippen molar-refractivity contribution in [1.29, 1.82) is 0 Å². The van der Waals surface area contributed by atoms with Crippen molar-refractivity contribution in [2.24, 2.45) is 5.84 Å². The highest BCUT2D eigenvalue weighted by molar-refractivity contribution is 5.30. The summed E-state index contributed by atoms with van der Waals surface area (Å²) < 4.78 is 19.5. The van der Waals surface area contributed by atoms with E-state index in [1.165, 1.54) is 12.3 Å². The summed E-state index contributed by atoms with van der Waals surface area (Å²) in [4.78, 5) is 12.2. The molecule has 0 saturated carbocycles. The van der Waals surface area contributed by atoms with E-state index in [0.717, 1.165) is 5.56 Å². The average Bonchev–Trinajstić information content (AvgIpc) is 2.46. The minimum absolute atomic E-state index is 0.0580. The first-order chi connectivity index (χ1) is 9.67. The molecule has 0 amide bonds. The molecule has 0 aliphatic rings. The molecule has 20 heavy (non-hydrogen) atoms. The zero-order valence-electron chi connectivity index (χ0n) is 11.3. The summed E-state index contributed by atoms with van der Waals surface area (Å²) >= 11 is 0. The number of hydrogen-bond donors (Lipinski definition) is 2. The minimum atomic E-state index is -0.669. The van der Waals surface area contributed by atoms with Gasteiger partial charge in [0.2, 0.25) is 0 Å². The topological polar surface area (TPSA) is 86.0 Å². The van der Waals surface area contributed by atoms with E-state index in [-0.39, 0.29) is 11.4 Å². The van der Waals surface area contributed by atoms with Crippen LogP contribution in [0.25, 0.3) is 0 Å². The van der Waals surface area contributed by atoms with Gasteiger partial charge in [-0.05, 0) is 25.5 Å². The van der Waals surface area contributed by atoms with Crippen molar-refractivity contribution in [3.8, 4) is 5.88 Å². The maximum Gasteiger partial charge on any atom is 0.250 e. The Morgan fingerprint density at radius 1 is 1.35 bits per heavy atom. The van der Waals surface area contributed by atoms with Crippen LogP contribution in [0.2, 0.25) is 0 Å². The number of nitrogens with two attached hydrogens (primary N) is 1. The average molecular weight is 277 g/mol. The van der Waals surface area contributed by atoms with E-state index in [1.54, 1.807) is 19.3 Å². The number of halogens is 1. The van der Waals surface area contributed by atoms with Crippen LogP contribution in [0, 0.1) is 12.7 Å². The Morgan fingerprint density at radius 2 is 2.05 bits per heavy atom. The zero-order valence-corrected chi connectivity index (χ0v) is 11.3. The summed E-state index contributed by atoms with van der Waals surface area (Å²) in [5, 5.41) is 0. The largest absolute Gasteiger partial charge is 0.476 e. The van der Waals surface area contributed by atoms with Gasteiger partial charge in [-0.3, -0.25) is 5.84 Å². The smallest absolute Gasteiger partial charge is 0.250 e. The number of aromatic nitrogens is 3. The second kappa shape index (κ2) is 6.36. The predicted octanol–water partition coefficient (Wildman–Crippen LogP) is 1.27. The highest BCUT2D eigenvalue weighted by Gasteiger charge is 2.22. The number of ether oxygens (including phenoxy) is 1. The predicted molar refractivity (Wildman–Crippen MR) is 71.3 cm³/mol. The van der Waals surface area contributed by atoms with Gasteiger partial charge in [-0.25, -0.2) is 24.8 Å². The van der Waals surface area contributed by atoms with Crippen LogP contribution in [-0.4, -0.2) is 21.6 Å². The van der Waals surface area contributed by atoms with Gasteiger partial charge in [0.05, 0.1) is 6.61 Å². The quantitative estimate of drug-likeness (QED) is 0.632. The normalized spacial score (nSPS) is 12.2. The van der Waals surface area contributed by atoms with Gasteiger partial charge in [0.15, 0.2) is 11.6 Å². The standard InChI is InChI=1S/C13H16FN5O/c1-3-20-13-10(14)9(4-5-16-13)11(19-15)12-17-6-8(2)7-18-12/h4-7,11,19H,3,15H2,1-2H3. The SMILES string of the molecule is CCOc1nccc(C(NN)c2ncc(C)cn2)c1F. The van der Waals surface area contributed by atoms with Gasteiger partial charge in [0, 0.05) is 24.2 Å². The van der Waals surface area contributed by atoms with Crippen molar-refractivity contribution in [3.63, 3.8) is 0 Å². The van der Waals surface area contributed by atoms with E-state index in [1.807, 2.05) is 6.92 Å². The van der Waals surface area contributed by atoms with Crippen LogP contribution >= 0.6 is 0 Å². The molecule has 0 radical (unpaired) electrons. The van der Waals surface area contributed by atoms with Crippen LogP contribution < -0.4 is 16.0 Å². The lowest BCUT2D eigenvalue weighted by molar-refractivity contribution is 0.304. The van der Waals surface area contributed by atoms with Crippen molar-refractivity contribution in [2.75, 3.05) is 6.61 Å². The Balaban J connectivity index is 2.41. The summed E-state index contributed by atoms with van der Waals surface area (Å²) in [6.45, 7) is 3.96. The van der Waals surface area contributed by atoms with E-state index in [9.17, 15) is 4.39 Å². The highest BCUT2D eigenvalue weighted by atomic mass is 19.1. The fourth-order valence-electron chi connectivity index (χ4n) is 1.75. The van der Waals surface area contributed by atoms with E-state index < -0.39 is 11.9 Å². The van der Waals surface area contributed by atoms with E-state index in [4.69, 9.17) is 10.6 Å². The van der Waals surface area contributed by atoms with Gasteiger partial charge in [0.1, 0.15) is 6.04 Å². The van der Waals surface area contributed by atoms with E-state index >= 15 is 0 Å². The summed E-state index contributed by atoms with van der Waals surface area (Å²) in [5.41, 5.74) is 3.71. The van der Waals surface area contributed by atoms with Crippen LogP contribution in [0.3, 0.4) is 0 Å². The molecule has 2 aromatic rings. The fraction of sp³-hybridized carbons (Fsp3) is 0.308. The van der Waals surface area contributed by atoms with Crippen LogP contribution in [0.4, 0.5) is 4.39 Å². The van der Waals surface area contributed by atoms with Gasteiger partial charge in [-0.1, -0.05) is 0 Å². The second-order valence-corrected chi connectivity index (χ2v) is 4.17. The monoisotopic (exact) mass is 277 g/mol. The van der Waals surface area contributed by atoms with Gasteiger partial charge < -0.3 is 4.74 Å². The third kappa shape index (κ3) is 2.89. The zero-order chi connectivity index (χ0) is 14.5. The molecule has 106 valence electrons. The first-order valence-corrected chi connectivity index (χ1v) is 6.19. The van der Waals surface area contributed by atoms with Crippen LogP contribution in [0.15, 0.2) is 24.7 Å². The number of aryl methyl sites for hydroxylation is 1. The summed E-state index contributed by atoms with van der Waals surface area (Å²) in [6.07, 6.45) is 4.76. The molecule has 7 heteroatoms. The van der Waals surface area contributed by atoms with Crippen molar-refractivity contribution >= 4 is 0 Å². The molecule has 0 fully saturated rings. The molecule has 2 aromatic heterocycles. The molecule has 0 aliphatic heterocycles. The lowest BCUT2D eigenvalue weighted by Crippen LogP contribution is -2.31. The highest BCUT2D eigenvalue weighted by Crippen LogP contribution is 2.25. The second-order valence-electron chi connectivity index (χ2n) is 4.17. The minimum Gasteiger partial charge on any atom is -0.476 e. The molecule has 1 atom stereocenters. The molecule has 0 aliphatic carbocycles. The van der Waals surface area contributed by atoms with Gasteiger partial charge in [0.25, 0.3) is 5.88 Å². The maximum absolute atomic E-state index is 14.3. The van der Waals surface area contributed by atoms with Gasteiger partial charge in [-0.15, -0.1) is 0 Å². The summed E-state index contributed by atoms with van der Waals surface area (Å²) in [5.74, 6) is 5.26. The van der Waals surface area contributed by atoms with Crippen LogP contribution in [0.5, 0.6) is 5.88 Å². The maximum atomic E-state index is 14.3. The Bertz CT molecular complexity index is 575. The van der Waals surface area contributed by atoms with Gasteiger partial charge in [-0.2, -0.15) is 0 Å². The molecule has 6 nitrogen and oxygen atoms in total. The van der Waals surface area contributed by atoms with Crippen molar-refractivity contribution in [1.82, 2.24) is 20.4 Å². The molecule has 0 saturated heterocycles. The Labute approximate surface area is 116 Å². The number of nitrogens with zero attached hydrogens (tertiary/aromatic N) is 3. The molecule has 1 unspecified atom stereocenters. The number of rotatable bonds is 5. The third-order valence-electron chi connectivity index (χ3n) is 2.70. The fourth-order valence-corrected chi connectivity index (χ4v) is 1.75. The molecule has 2 heterocycles. The van der Waals surface area contributed by atoms with Crippen molar-refractivity contribution in [2.45, 2.75) is 19.9 Å². The molecule has 2 rings (SSSR count). The lowest BCUT2D eigenvalue weighted by atomic mass is 10.1. The van der Waals surface area contributed by atoms with Crippen molar-refractivity contribution < 1.29 is 9.13 Å². The lowest BCUT2D eigenvalue weighted by Gasteiger charge is -2.16. The van der Waals surface area contributed by atoms with E-state index in [2.05, 4.69) is 20.4 Å². The number of hydrazine groups is 1. The Hall–Kier alpha value is -2.12. The molecular weight excluding hydrogens is 261 g/mol. The molecule has 0 aromatic carbocycles. The first-order valence-electron chi connectivity index (χ1n) is 6.19. The third-order valence-corrected chi connectivity index (χ3v) is 2.70. The number of hydrogen-bond acceptors (Lipinski definition) is 6. The molecule has 0 spiro atoms. The molecular formula is C13H16FN5O. The summed E-state index contributed by atoms with van der Waals surface area (Å²) in [6, 6.07) is 0.851. The molecule has 0 bridgehead atoms. The van der Waals surface area contributed by atoms with E-state index in [0.29, 0.717) is 12.4 Å².